The van der Waals surface area contributed by atoms with Crippen molar-refractivity contribution >= 4 is 11.7 Å². The molecule has 0 aliphatic carbocycles. The third-order valence-electron chi connectivity index (χ3n) is 4.41. The van der Waals surface area contributed by atoms with Crippen molar-refractivity contribution in [1.29, 1.82) is 0 Å². The molecule has 0 fully saturated rings. The van der Waals surface area contributed by atoms with E-state index in [4.69, 9.17) is 10.2 Å². The molecule has 2 aromatic heterocycles. The zero-order valence-electron chi connectivity index (χ0n) is 15.0. The van der Waals surface area contributed by atoms with Gasteiger partial charge >= 0.3 is 0 Å². The summed E-state index contributed by atoms with van der Waals surface area (Å²) in [5.74, 6) is 0.164. The molecule has 4 N–H and O–H groups in total. The zero-order chi connectivity index (χ0) is 19.3. The van der Waals surface area contributed by atoms with Gasteiger partial charge in [-0.2, -0.15) is 0 Å². The average Bonchev–Trinajstić information content (AvgIpc) is 3.38. The van der Waals surface area contributed by atoms with Crippen LogP contribution in [-0.2, 0) is 6.42 Å². The average molecular weight is 373 g/mol. The number of hydrogen-bond donors (Lipinski definition) is 3. The molecule has 2 heterocycles. The van der Waals surface area contributed by atoms with Gasteiger partial charge in [-0.05, 0) is 17.5 Å². The van der Waals surface area contributed by atoms with Gasteiger partial charge in [0.15, 0.2) is 11.5 Å². The Morgan fingerprint density at radius 1 is 1.11 bits per heavy atom. The monoisotopic (exact) mass is 373 g/mol. The second kappa shape index (κ2) is 7.79. The van der Waals surface area contributed by atoms with Crippen molar-refractivity contribution in [3.8, 4) is 11.6 Å². The summed E-state index contributed by atoms with van der Waals surface area (Å²) in [7, 11) is 0. The van der Waals surface area contributed by atoms with Gasteiger partial charge < -0.3 is 20.5 Å². The Labute approximate surface area is 161 Å². The third-order valence-corrected chi connectivity index (χ3v) is 4.41. The lowest BCUT2D eigenvalue weighted by molar-refractivity contribution is 0.0931. The van der Waals surface area contributed by atoms with Crippen LogP contribution in [0.1, 0.15) is 27.7 Å². The van der Waals surface area contributed by atoms with Crippen LogP contribution in [0.3, 0.4) is 0 Å². The third kappa shape index (κ3) is 3.78. The number of rotatable bonds is 6. The number of nitrogens with zero attached hydrogens (tertiary/aromatic N) is 2. The summed E-state index contributed by atoms with van der Waals surface area (Å²) in [4.78, 5) is 23.8. The number of aromatic nitrogens is 3. The summed E-state index contributed by atoms with van der Waals surface area (Å²) in [6, 6.07) is 19.7. The first kappa shape index (κ1) is 17.5. The molecule has 7 heteroatoms. The highest BCUT2D eigenvalue weighted by atomic mass is 16.3. The van der Waals surface area contributed by atoms with Crippen molar-refractivity contribution in [3.63, 3.8) is 0 Å². The molecule has 0 aliphatic rings. The number of hydrogen-bond acceptors (Lipinski definition) is 5. The Balaban J connectivity index is 1.56. The van der Waals surface area contributed by atoms with E-state index in [0.717, 1.165) is 11.1 Å². The SMILES string of the molecule is Nc1nc[nH]c1-c1nc(C(=O)NC(Cc2ccccc2)c2ccccc2)co1. The summed E-state index contributed by atoms with van der Waals surface area (Å²) in [6.07, 6.45) is 3.42. The van der Waals surface area contributed by atoms with E-state index in [9.17, 15) is 4.79 Å². The number of H-pyrrole nitrogens is 1. The lowest BCUT2D eigenvalue weighted by atomic mass is 9.99. The topological polar surface area (TPSA) is 110 Å². The number of nitrogens with one attached hydrogen (secondary N) is 2. The van der Waals surface area contributed by atoms with E-state index >= 15 is 0 Å². The molecule has 0 saturated carbocycles. The van der Waals surface area contributed by atoms with Gasteiger partial charge in [0.1, 0.15) is 12.0 Å². The first-order valence-corrected chi connectivity index (χ1v) is 8.85. The first-order chi connectivity index (χ1) is 13.7. The minimum Gasteiger partial charge on any atom is -0.442 e. The highest BCUT2D eigenvalue weighted by Crippen LogP contribution is 2.22. The first-order valence-electron chi connectivity index (χ1n) is 8.85. The molecule has 140 valence electrons. The predicted molar refractivity (Wildman–Crippen MR) is 105 cm³/mol. The summed E-state index contributed by atoms with van der Waals surface area (Å²) in [5, 5.41) is 3.05. The van der Waals surface area contributed by atoms with Crippen molar-refractivity contribution in [2.24, 2.45) is 0 Å². The lowest BCUT2D eigenvalue weighted by Crippen LogP contribution is -2.30. The van der Waals surface area contributed by atoms with Gasteiger partial charge in [-0.1, -0.05) is 60.7 Å². The molecule has 4 aromatic rings. The number of anilines is 1. The maximum atomic E-state index is 12.8. The van der Waals surface area contributed by atoms with Gasteiger partial charge in [0, 0.05) is 0 Å². The fourth-order valence-electron chi connectivity index (χ4n) is 2.99. The maximum absolute atomic E-state index is 12.8. The van der Waals surface area contributed by atoms with Gasteiger partial charge in [-0.3, -0.25) is 4.79 Å². The van der Waals surface area contributed by atoms with Gasteiger partial charge in [0.2, 0.25) is 5.89 Å². The molecule has 1 unspecified atom stereocenters. The normalized spacial score (nSPS) is 11.9. The van der Waals surface area contributed by atoms with Crippen molar-refractivity contribution < 1.29 is 9.21 Å². The number of benzene rings is 2. The van der Waals surface area contributed by atoms with Crippen LogP contribution in [0.4, 0.5) is 5.82 Å². The Hall–Kier alpha value is -3.87. The Bertz CT molecular complexity index is 1060. The highest BCUT2D eigenvalue weighted by molar-refractivity contribution is 5.92. The Morgan fingerprint density at radius 3 is 2.50 bits per heavy atom. The molecule has 0 bridgehead atoms. The Kier molecular flexibility index (Phi) is 4.88. The summed E-state index contributed by atoms with van der Waals surface area (Å²) < 4.78 is 5.39. The van der Waals surface area contributed by atoms with Gasteiger partial charge in [-0.25, -0.2) is 9.97 Å². The highest BCUT2D eigenvalue weighted by Gasteiger charge is 2.20. The summed E-state index contributed by atoms with van der Waals surface area (Å²) in [6.45, 7) is 0. The van der Waals surface area contributed by atoms with Gasteiger partial charge in [-0.15, -0.1) is 0 Å². The minimum absolute atomic E-state index is 0.179. The van der Waals surface area contributed by atoms with E-state index in [1.54, 1.807) is 0 Å². The van der Waals surface area contributed by atoms with Crippen LogP contribution in [-0.4, -0.2) is 20.9 Å². The van der Waals surface area contributed by atoms with Crippen molar-refractivity contribution in [1.82, 2.24) is 20.3 Å². The van der Waals surface area contributed by atoms with E-state index < -0.39 is 0 Å². The summed E-state index contributed by atoms with van der Waals surface area (Å²) >= 11 is 0. The number of nitrogens with two attached hydrogens (primary N) is 1. The second-order valence-electron chi connectivity index (χ2n) is 6.33. The summed E-state index contributed by atoms with van der Waals surface area (Å²) in [5.41, 5.74) is 8.53. The molecule has 0 radical (unpaired) electrons. The van der Waals surface area contributed by atoms with Crippen molar-refractivity contribution in [3.05, 3.63) is 90.1 Å². The van der Waals surface area contributed by atoms with Crippen LogP contribution in [0.15, 0.2) is 77.7 Å². The van der Waals surface area contributed by atoms with E-state index in [-0.39, 0.29) is 29.4 Å². The van der Waals surface area contributed by atoms with Gasteiger partial charge in [0.25, 0.3) is 5.91 Å². The maximum Gasteiger partial charge on any atom is 0.273 e. The van der Waals surface area contributed by atoms with Crippen LogP contribution < -0.4 is 11.1 Å². The second-order valence-corrected chi connectivity index (χ2v) is 6.33. The zero-order valence-corrected chi connectivity index (χ0v) is 15.0. The largest absolute Gasteiger partial charge is 0.442 e. The molecule has 2 aromatic carbocycles. The van der Waals surface area contributed by atoms with E-state index in [1.165, 1.54) is 12.6 Å². The quantitative estimate of drug-likeness (QED) is 0.480. The number of amides is 1. The number of carbonyl (C=O) groups excluding carboxylic acids is 1. The van der Waals surface area contributed by atoms with Crippen LogP contribution >= 0.6 is 0 Å². The van der Waals surface area contributed by atoms with Gasteiger partial charge in [0.05, 0.1) is 12.4 Å². The van der Waals surface area contributed by atoms with E-state index in [1.807, 2.05) is 60.7 Å². The molecule has 4 rings (SSSR count). The number of nitrogen functional groups attached to an aromatic ring is 1. The lowest BCUT2D eigenvalue weighted by Gasteiger charge is -2.19. The standard InChI is InChI=1S/C21H19N5O2/c22-19-18(23-13-24-19)21-26-17(12-28-21)20(27)25-16(15-9-5-2-6-10-15)11-14-7-3-1-4-8-14/h1-10,12-13,16H,11,22H2,(H,23,24)(H,25,27). The predicted octanol–water partition coefficient (Wildman–Crippen LogP) is 3.36. The van der Waals surface area contributed by atoms with E-state index in [2.05, 4.69) is 20.3 Å². The van der Waals surface area contributed by atoms with Crippen LogP contribution in [0.25, 0.3) is 11.6 Å². The number of imidazole rings is 1. The molecule has 28 heavy (non-hydrogen) atoms. The molecule has 1 atom stereocenters. The molecule has 0 aliphatic heterocycles. The molecule has 0 saturated heterocycles. The van der Waals surface area contributed by atoms with Crippen LogP contribution in [0, 0.1) is 0 Å². The van der Waals surface area contributed by atoms with Crippen LogP contribution in [0.2, 0.25) is 0 Å². The molecular weight excluding hydrogens is 354 g/mol. The van der Waals surface area contributed by atoms with Crippen LogP contribution in [0.5, 0.6) is 0 Å². The smallest absolute Gasteiger partial charge is 0.273 e. The van der Waals surface area contributed by atoms with E-state index in [0.29, 0.717) is 12.1 Å². The molecule has 0 spiro atoms. The number of carbonyl (C=O) groups is 1. The minimum atomic E-state index is -0.321. The van der Waals surface area contributed by atoms with Crippen molar-refractivity contribution in [2.45, 2.75) is 12.5 Å². The molecule has 7 nitrogen and oxygen atoms in total. The number of oxazole rings is 1. The molecular formula is C21H19N5O2. The Morgan fingerprint density at radius 2 is 1.82 bits per heavy atom. The fourth-order valence-corrected chi connectivity index (χ4v) is 2.99. The molecule has 1 amide bonds. The fraction of sp³-hybridized carbons (Fsp3) is 0.0952. The van der Waals surface area contributed by atoms with Crippen molar-refractivity contribution in [2.75, 3.05) is 5.73 Å². The number of aromatic amines is 1.